The third-order valence-corrected chi connectivity index (χ3v) is 4.82. The molecule has 0 N–H and O–H groups in total. The van der Waals surface area contributed by atoms with E-state index in [-0.39, 0.29) is 23.5 Å². The summed E-state index contributed by atoms with van der Waals surface area (Å²) in [4.78, 5) is 14.9. The number of methoxy groups -OCH3 is 1. The molecule has 2 aliphatic rings. The minimum atomic E-state index is -0.0525. The number of carbonyl (C=O) groups is 1. The number of nitrogens with zero attached hydrogens (tertiary/aromatic N) is 3. The van der Waals surface area contributed by atoms with Crippen molar-refractivity contribution in [3.63, 3.8) is 0 Å². The van der Waals surface area contributed by atoms with E-state index in [1.165, 1.54) is 0 Å². The van der Waals surface area contributed by atoms with Crippen molar-refractivity contribution < 1.29 is 14.3 Å². The van der Waals surface area contributed by atoms with Crippen molar-refractivity contribution in [1.29, 1.82) is 0 Å². The van der Waals surface area contributed by atoms with E-state index in [1.54, 1.807) is 7.11 Å². The molecule has 0 unspecified atom stereocenters. The van der Waals surface area contributed by atoms with Crippen LogP contribution in [0.5, 0.6) is 0 Å². The lowest BCUT2D eigenvalue weighted by Crippen LogP contribution is -2.59. The van der Waals surface area contributed by atoms with Gasteiger partial charge in [0, 0.05) is 44.1 Å². The highest BCUT2D eigenvalue weighted by molar-refractivity contribution is 5.95. The van der Waals surface area contributed by atoms with Gasteiger partial charge >= 0.3 is 0 Å². The normalized spacial score (nSPS) is 25.9. The molecule has 0 bridgehead atoms. The quantitative estimate of drug-likeness (QED) is 0.851. The molecule has 2 atom stereocenters. The summed E-state index contributed by atoms with van der Waals surface area (Å²) in [6.07, 6.45) is 0.821. The van der Waals surface area contributed by atoms with Crippen LogP contribution in [0.25, 0.3) is 0 Å². The number of fused-ring (bicyclic) bond motifs is 1. The van der Waals surface area contributed by atoms with Gasteiger partial charge in [0.25, 0.3) is 5.91 Å². The fourth-order valence-electron chi connectivity index (χ4n) is 3.87. The van der Waals surface area contributed by atoms with Crippen molar-refractivity contribution in [1.82, 2.24) is 14.7 Å². The molecular weight excluding hydrogens is 294 g/mol. The molecule has 6 heteroatoms. The minimum Gasteiger partial charge on any atom is -0.384 e. The molecule has 1 fully saturated rings. The van der Waals surface area contributed by atoms with Gasteiger partial charge in [-0.15, -0.1) is 0 Å². The van der Waals surface area contributed by atoms with Crippen LogP contribution in [0.4, 0.5) is 0 Å². The van der Waals surface area contributed by atoms with E-state index < -0.39 is 0 Å². The molecular formula is C17H27N3O3. The molecule has 0 aromatic carbocycles. The molecule has 3 heterocycles. The highest BCUT2D eigenvalue weighted by Gasteiger charge is 2.43. The summed E-state index contributed by atoms with van der Waals surface area (Å²) < 4.78 is 13.0. The van der Waals surface area contributed by atoms with E-state index >= 15 is 0 Å². The second kappa shape index (κ2) is 5.91. The predicted molar refractivity (Wildman–Crippen MR) is 86.5 cm³/mol. The van der Waals surface area contributed by atoms with Gasteiger partial charge in [-0.1, -0.05) is 6.92 Å². The molecule has 0 radical (unpaired) electrons. The largest absolute Gasteiger partial charge is 0.384 e. The van der Waals surface area contributed by atoms with Crippen molar-refractivity contribution in [3.05, 3.63) is 17.0 Å². The second-order valence-corrected chi connectivity index (χ2v) is 7.23. The number of likely N-dealkylation sites (tertiary alicyclic amines) is 1. The van der Waals surface area contributed by atoms with Crippen molar-refractivity contribution >= 4 is 5.91 Å². The number of hydrogen-bond donors (Lipinski definition) is 0. The van der Waals surface area contributed by atoms with Gasteiger partial charge in [0.15, 0.2) is 0 Å². The molecule has 1 saturated heterocycles. The maximum absolute atomic E-state index is 13.0. The number of rotatable bonds is 4. The zero-order valence-corrected chi connectivity index (χ0v) is 14.8. The molecule has 0 spiro atoms. The molecule has 1 aromatic heterocycles. The highest BCUT2D eigenvalue weighted by atomic mass is 16.5. The average molecular weight is 321 g/mol. The first-order valence-corrected chi connectivity index (χ1v) is 8.41. The van der Waals surface area contributed by atoms with Gasteiger partial charge in [0.1, 0.15) is 5.69 Å². The van der Waals surface area contributed by atoms with Crippen LogP contribution in [-0.2, 0) is 22.4 Å². The summed E-state index contributed by atoms with van der Waals surface area (Å²) in [6, 6.07) is 0. The van der Waals surface area contributed by atoms with Gasteiger partial charge < -0.3 is 14.4 Å². The molecule has 0 aliphatic carbocycles. The lowest BCUT2D eigenvalue weighted by Gasteiger charge is -2.47. The van der Waals surface area contributed by atoms with Crippen molar-refractivity contribution in [2.75, 3.05) is 26.8 Å². The van der Waals surface area contributed by atoms with Crippen molar-refractivity contribution in [2.24, 2.45) is 5.41 Å². The Morgan fingerprint density at radius 2 is 2.13 bits per heavy atom. The number of aromatic nitrogens is 2. The number of hydrogen-bond acceptors (Lipinski definition) is 4. The van der Waals surface area contributed by atoms with E-state index in [4.69, 9.17) is 9.47 Å². The standard InChI is InChI=1S/C17H27N3O3/c1-6-20-15(13-7-11(2)23-12(3)14(13)18-20)16(21)19-8-17(4,9-19)10-22-5/h11-12H,6-10H2,1-5H3/t11-,12+/m0/s1. The van der Waals surface area contributed by atoms with E-state index in [9.17, 15) is 4.79 Å². The summed E-state index contributed by atoms with van der Waals surface area (Å²) in [5, 5.41) is 4.64. The molecule has 0 saturated carbocycles. The van der Waals surface area contributed by atoms with Gasteiger partial charge in [-0.3, -0.25) is 9.48 Å². The van der Waals surface area contributed by atoms with Crippen molar-refractivity contribution in [2.45, 2.75) is 52.9 Å². The van der Waals surface area contributed by atoms with E-state index in [2.05, 4.69) is 18.9 Å². The van der Waals surface area contributed by atoms with E-state index in [0.29, 0.717) is 13.2 Å². The summed E-state index contributed by atoms with van der Waals surface area (Å²) in [5.74, 6) is 0.0930. The monoisotopic (exact) mass is 321 g/mol. The fourth-order valence-corrected chi connectivity index (χ4v) is 3.87. The number of aryl methyl sites for hydroxylation is 1. The number of ether oxygens (including phenoxy) is 2. The summed E-state index contributed by atoms with van der Waals surface area (Å²) >= 11 is 0. The van der Waals surface area contributed by atoms with Crippen LogP contribution in [0.3, 0.4) is 0 Å². The third-order valence-electron chi connectivity index (χ3n) is 4.82. The van der Waals surface area contributed by atoms with Crippen LogP contribution in [-0.4, -0.2) is 53.5 Å². The lowest BCUT2D eigenvalue weighted by molar-refractivity contribution is -0.0287. The lowest BCUT2D eigenvalue weighted by atomic mass is 9.82. The molecule has 1 amide bonds. The second-order valence-electron chi connectivity index (χ2n) is 7.23. The fraction of sp³-hybridized carbons (Fsp3) is 0.765. The van der Waals surface area contributed by atoms with Crippen LogP contribution in [0.1, 0.15) is 55.5 Å². The van der Waals surface area contributed by atoms with E-state index in [0.717, 1.165) is 36.5 Å². The number of carbonyl (C=O) groups excluding carboxylic acids is 1. The van der Waals surface area contributed by atoms with Gasteiger partial charge in [-0.05, 0) is 20.8 Å². The first kappa shape index (κ1) is 16.5. The molecule has 1 aromatic rings. The average Bonchev–Trinajstić information content (AvgIpc) is 2.82. The molecule has 23 heavy (non-hydrogen) atoms. The zero-order chi connectivity index (χ0) is 16.8. The predicted octanol–water partition coefficient (Wildman–Crippen LogP) is 2.03. The zero-order valence-electron chi connectivity index (χ0n) is 14.8. The van der Waals surface area contributed by atoms with Crippen LogP contribution in [0, 0.1) is 5.41 Å². The molecule has 3 rings (SSSR count). The van der Waals surface area contributed by atoms with Crippen LogP contribution < -0.4 is 0 Å². The Bertz CT molecular complexity index is 604. The van der Waals surface area contributed by atoms with Gasteiger partial charge in [0.05, 0.1) is 24.5 Å². The first-order chi connectivity index (χ1) is 10.9. The molecule has 6 nitrogen and oxygen atoms in total. The molecule has 2 aliphatic heterocycles. The van der Waals surface area contributed by atoms with Crippen LogP contribution >= 0.6 is 0 Å². The van der Waals surface area contributed by atoms with Crippen LogP contribution in [0.2, 0.25) is 0 Å². The summed E-state index contributed by atoms with van der Waals surface area (Å²) in [6.45, 7) is 11.1. The Morgan fingerprint density at radius 3 is 2.74 bits per heavy atom. The summed E-state index contributed by atoms with van der Waals surface area (Å²) in [5.41, 5.74) is 2.83. The minimum absolute atomic E-state index is 0.0525. The SMILES string of the molecule is CCn1nc2c(c1C(=O)N1CC(C)(COC)C1)C[C@H](C)O[C@@H]2C. The maximum Gasteiger partial charge on any atom is 0.272 e. The highest BCUT2D eigenvalue weighted by Crippen LogP contribution is 2.35. The summed E-state index contributed by atoms with van der Waals surface area (Å²) in [7, 11) is 1.71. The van der Waals surface area contributed by atoms with Gasteiger partial charge in [-0.2, -0.15) is 5.10 Å². The van der Waals surface area contributed by atoms with Gasteiger partial charge in [0.2, 0.25) is 0 Å². The number of amides is 1. The van der Waals surface area contributed by atoms with Gasteiger partial charge in [-0.25, -0.2) is 0 Å². The Labute approximate surface area is 137 Å². The topological polar surface area (TPSA) is 56.6 Å². The first-order valence-electron chi connectivity index (χ1n) is 8.41. The Balaban J connectivity index is 1.87. The molecule has 128 valence electrons. The van der Waals surface area contributed by atoms with E-state index in [1.807, 2.05) is 23.4 Å². The Hall–Kier alpha value is -1.40. The van der Waals surface area contributed by atoms with Crippen molar-refractivity contribution in [3.8, 4) is 0 Å². The van der Waals surface area contributed by atoms with Crippen LogP contribution in [0.15, 0.2) is 0 Å². The third kappa shape index (κ3) is 2.78. The Kier molecular flexibility index (Phi) is 4.23. The smallest absolute Gasteiger partial charge is 0.272 e. The Morgan fingerprint density at radius 1 is 1.43 bits per heavy atom. The maximum atomic E-state index is 13.0.